The zero-order valence-electron chi connectivity index (χ0n) is 12.8. The van der Waals surface area contributed by atoms with E-state index in [0.717, 1.165) is 35.5 Å². The number of rotatable bonds is 6. The highest BCUT2D eigenvalue weighted by Crippen LogP contribution is 2.44. The first-order valence-electron chi connectivity index (χ1n) is 7.90. The van der Waals surface area contributed by atoms with Gasteiger partial charge in [0.15, 0.2) is 0 Å². The van der Waals surface area contributed by atoms with E-state index in [-0.39, 0.29) is 0 Å². The fraction of sp³-hybridized carbons (Fsp3) is 0.882. The Balaban J connectivity index is 1.81. The largest absolute Gasteiger partial charge is 0.314 e. The Hall–Kier alpha value is -0.300. The molecule has 4 unspecified atom stereocenters. The summed E-state index contributed by atoms with van der Waals surface area (Å²) in [5, 5.41) is 3.84. The molecule has 104 valence electrons. The van der Waals surface area contributed by atoms with Crippen LogP contribution in [0.25, 0.3) is 0 Å². The maximum absolute atomic E-state index is 3.84. The summed E-state index contributed by atoms with van der Waals surface area (Å²) in [6, 6.07) is 0.685. The molecule has 0 aromatic heterocycles. The average molecular weight is 249 g/mol. The SMILES string of the molecule is CC(C)C(CNC(C)C1CC2C=CC1C2)C(C)C. The van der Waals surface area contributed by atoms with Crippen molar-refractivity contribution in [2.75, 3.05) is 6.54 Å². The van der Waals surface area contributed by atoms with Gasteiger partial charge in [-0.1, -0.05) is 39.8 Å². The molecule has 0 aliphatic heterocycles. The molecule has 0 spiro atoms. The van der Waals surface area contributed by atoms with Crippen LogP contribution >= 0.6 is 0 Å². The molecule has 4 atom stereocenters. The minimum Gasteiger partial charge on any atom is -0.314 e. The second-order valence-electron chi connectivity index (χ2n) is 7.29. The molecule has 18 heavy (non-hydrogen) atoms. The molecular weight excluding hydrogens is 218 g/mol. The summed E-state index contributed by atoms with van der Waals surface area (Å²) in [5.41, 5.74) is 0. The van der Waals surface area contributed by atoms with Crippen LogP contribution in [0.4, 0.5) is 0 Å². The highest BCUT2D eigenvalue weighted by atomic mass is 14.9. The fourth-order valence-corrected chi connectivity index (χ4v) is 4.11. The lowest BCUT2D eigenvalue weighted by Crippen LogP contribution is -2.40. The van der Waals surface area contributed by atoms with Gasteiger partial charge in [0.25, 0.3) is 0 Å². The van der Waals surface area contributed by atoms with Crippen LogP contribution in [0.2, 0.25) is 0 Å². The van der Waals surface area contributed by atoms with Gasteiger partial charge in [-0.15, -0.1) is 0 Å². The van der Waals surface area contributed by atoms with Crippen molar-refractivity contribution in [3.8, 4) is 0 Å². The predicted molar refractivity (Wildman–Crippen MR) is 79.5 cm³/mol. The Kier molecular flexibility index (Phi) is 4.53. The van der Waals surface area contributed by atoms with Gasteiger partial charge in [-0.05, 0) is 61.8 Å². The molecule has 0 radical (unpaired) electrons. The summed E-state index contributed by atoms with van der Waals surface area (Å²) in [6.07, 6.45) is 7.76. The third-order valence-corrected chi connectivity index (χ3v) is 5.36. The number of nitrogens with one attached hydrogen (secondary N) is 1. The number of fused-ring (bicyclic) bond motifs is 2. The van der Waals surface area contributed by atoms with E-state index in [9.17, 15) is 0 Å². The smallest absolute Gasteiger partial charge is 0.00729 e. The summed E-state index contributed by atoms with van der Waals surface area (Å²) in [5.74, 6) is 5.03. The molecule has 0 amide bonds. The molecule has 2 aliphatic rings. The molecule has 1 fully saturated rings. The van der Waals surface area contributed by atoms with Crippen LogP contribution in [-0.2, 0) is 0 Å². The van der Waals surface area contributed by atoms with Crippen LogP contribution in [0.15, 0.2) is 12.2 Å². The number of hydrogen-bond donors (Lipinski definition) is 1. The molecule has 0 aromatic rings. The summed E-state index contributed by atoms with van der Waals surface area (Å²) in [4.78, 5) is 0. The van der Waals surface area contributed by atoms with Crippen molar-refractivity contribution in [1.29, 1.82) is 0 Å². The lowest BCUT2D eigenvalue weighted by atomic mass is 9.84. The minimum atomic E-state index is 0.685. The molecule has 0 heterocycles. The van der Waals surface area contributed by atoms with Gasteiger partial charge in [-0.25, -0.2) is 0 Å². The summed E-state index contributed by atoms with van der Waals surface area (Å²) in [6.45, 7) is 13.0. The Morgan fingerprint density at radius 3 is 2.11 bits per heavy atom. The van der Waals surface area contributed by atoms with Gasteiger partial charge in [0.1, 0.15) is 0 Å². The van der Waals surface area contributed by atoms with Gasteiger partial charge in [0, 0.05) is 6.04 Å². The highest BCUT2D eigenvalue weighted by molar-refractivity contribution is 5.11. The summed E-state index contributed by atoms with van der Waals surface area (Å²) >= 11 is 0. The molecule has 0 aromatic carbocycles. The quantitative estimate of drug-likeness (QED) is 0.699. The van der Waals surface area contributed by atoms with Gasteiger partial charge in [-0.2, -0.15) is 0 Å². The van der Waals surface area contributed by atoms with Crippen LogP contribution in [0, 0.1) is 35.5 Å². The van der Waals surface area contributed by atoms with Crippen LogP contribution in [0.5, 0.6) is 0 Å². The Morgan fingerprint density at radius 2 is 1.67 bits per heavy atom. The topological polar surface area (TPSA) is 12.0 Å². The molecule has 1 nitrogen and oxygen atoms in total. The van der Waals surface area contributed by atoms with E-state index in [1.807, 2.05) is 0 Å². The molecule has 2 aliphatic carbocycles. The van der Waals surface area contributed by atoms with Gasteiger partial charge in [0.05, 0.1) is 0 Å². The van der Waals surface area contributed by atoms with E-state index >= 15 is 0 Å². The molecule has 1 heteroatoms. The van der Waals surface area contributed by atoms with Gasteiger partial charge < -0.3 is 5.32 Å². The number of allylic oxidation sites excluding steroid dienone is 2. The standard InChI is InChI=1S/C17H31N/c1-11(2)17(12(3)4)10-18-13(5)16-9-14-6-7-15(16)8-14/h6-7,11-18H,8-10H2,1-5H3. The Morgan fingerprint density at radius 1 is 1.00 bits per heavy atom. The van der Waals surface area contributed by atoms with Crippen molar-refractivity contribution >= 4 is 0 Å². The van der Waals surface area contributed by atoms with Gasteiger partial charge >= 0.3 is 0 Å². The van der Waals surface area contributed by atoms with Crippen LogP contribution in [0.3, 0.4) is 0 Å². The highest BCUT2D eigenvalue weighted by Gasteiger charge is 2.38. The first-order valence-corrected chi connectivity index (χ1v) is 7.90. The van der Waals surface area contributed by atoms with Crippen LogP contribution < -0.4 is 5.32 Å². The van der Waals surface area contributed by atoms with Gasteiger partial charge in [0.2, 0.25) is 0 Å². The van der Waals surface area contributed by atoms with Gasteiger partial charge in [-0.3, -0.25) is 0 Å². The van der Waals surface area contributed by atoms with Crippen molar-refractivity contribution in [3.05, 3.63) is 12.2 Å². The first kappa shape index (κ1) is 14.1. The minimum absolute atomic E-state index is 0.685. The van der Waals surface area contributed by atoms with Crippen molar-refractivity contribution < 1.29 is 0 Å². The van der Waals surface area contributed by atoms with Crippen molar-refractivity contribution in [2.45, 2.75) is 53.5 Å². The Bertz CT molecular complexity index is 284. The molecule has 0 saturated heterocycles. The van der Waals surface area contributed by atoms with E-state index < -0.39 is 0 Å². The molecule has 1 saturated carbocycles. The molecule has 2 rings (SSSR count). The summed E-state index contributed by atoms with van der Waals surface area (Å²) < 4.78 is 0. The van der Waals surface area contributed by atoms with Crippen LogP contribution in [0.1, 0.15) is 47.5 Å². The lowest BCUT2D eigenvalue weighted by Gasteiger charge is -2.31. The van der Waals surface area contributed by atoms with E-state index in [4.69, 9.17) is 0 Å². The van der Waals surface area contributed by atoms with E-state index in [1.165, 1.54) is 19.4 Å². The molecular formula is C17H31N. The maximum atomic E-state index is 3.84. The average Bonchev–Trinajstić information content (AvgIpc) is 2.89. The second-order valence-corrected chi connectivity index (χ2v) is 7.29. The number of hydrogen-bond acceptors (Lipinski definition) is 1. The van der Waals surface area contributed by atoms with E-state index in [0.29, 0.717) is 6.04 Å². The zero-order chi connectivity index (χ0) is 13.3. The monoisotopic (exact) mass is 249 g/mol. The normalized spacial score (nSPS) is 32.1. The molecule has 2 bridgehead atoms. The predicted octanol–water partition coefficient (Wildman–Crippen LogP) is 4.10. The van der Waals surface area contributed by atoms with Crippen molar-refractivity contribution in [3.63, 3.8) is 0 Å². The van der Waals surface area contributed by atoms with Crippen molar-refractivity contribution in [2.24, 2.45) is 35.5 Å². The third kappa shape index (κ3) is 2.99. The lowest BCUT2D eigenvalue weighted by molar-refractivity contribution is 0.242. The summed E-state index contributed by atoms with van der Waals surface area (Å²) in [7, 11) is 0. The maximum Gasteiger partial charge on any atom is 0.00729 e. The first-order chi connectivity index (χ1) is 8.49. The third-order valence-electron chi connectivity index (χ3n) is 5.36. The molecule has 1 N–H and O–H groups in total. The van der Waals surface area contributed by atoms with Crippen LogP contribution in [-0.4, -0.2) is 12.6 Å². The van der Waals surface area contributed by atoms with Crippen molar-refractivity contribution in [1.82, 2.24) is 5.32 Å². The van der Waals surface area contributed by atoms with E-state index in [1.54, 1.807) is 0 Å². The fourth-order valence-electron chi connectivity index (χ4n) is 4.11. The Labute approximate surface area is 113 Å². The van der Waals surface area contributed by atoms with E-state index in [2.05, 4.69) is 52.1 Å². The second kappa shape index (κ2) is 5.77. The zero-order valence-corrected chi connectivity index (χ0v) is 12.8.